The predicted octanol–water partition coefficient (Wildman–Crippen LogP) is 0.205. The van der Waals surface area contributed by atoms with E-state index in [9.17, 15) is 14.9 Å². The number of pyridine rings is 1. The standard InChI is InChI=1S/C10H13N3O5/c1-12(5-6-14)9-8(13(16)17)4-3-7(11-9)10(15)18-2/h3-4,14H,5-6H2,1-2H3. The van der Waals surface area contributed by atoms with Crippen LogP contribution in [0.2, 0.25) is 0 Å². The summed E-state index contributed by atoms with van der Waals surface area (Å²) in [5.41, 5.74) is -0.263. The molecule has 1 aromatic heterocycles. The number of likely N-dealkylation sites (N-methyl/N-ethyl adjacent to an activating group) is 1. The Hall–Kier alpha value is -2.22. The van der Waals surface area contributed by atoms with Crippen LogP contribution in [0.25, 0.3) is 0 Å². The number of methoxy groups -OCH3 is 1. The van der Waals surface area contributed by atoms with Crippen LogP contribution < -0.4 is 4.90 Å². The number of aromatic nitrogens is 1. The number of aliphatic hydroxyl groups is 1. The van der Waals surface area contributed by atoms with Crippen molar-refractivity contribution in [2.45, 2.75) is 0 Å². The van der Waals surface area contributed by atoms with Crippen molar-refractivity contribution in [3.05, 3.63) is 27.9 Å². The van der Waals surface area contributed by atoms with Gasteiger partial charge in [0, 0.05) is 19.7 Å². The van der Waals surface area contributed by atoms with Gasteiger partial charge in [-0.25, -0.2) is 9.78 Å². The summed E-state index contributed by atoms with van der Waals surface area (Å²) in [6.07, 6.45) is 0. The molecule has 0 bridgehead atoms. The van der Waals surface area contributed by atoms with Crippen molar-refractivity contribution < 1.29 is 19.6 Å². The van der Waals surface area contributed by atoms with E-state index in [-0.39, 0.29) is 30.4 Å². The minimum absolute atomic E-state index is 0.0111. The van der Waals surface area contributed by atoms with Gasteiger partial charge in [0.05, 0.1) is 18.6 Å². The van der Waals surface area contributed by atoms with Gasteiger partial charge in [-0.15, -0.1) is 0 Å². The molecule has 18 heavy (non-hydrogen) atoms. The van der Waals surface area contributed by atoms with Crippen molar-refractivity contribution in [3.8, 4) is 0 Å². The van der Waals surface area contributed by atoms with Crippen LogP contribution in [0.15, 0.2) is 12.1 Å². The van der Waals surface area contributed by atoms with E-state index in [1.807, 2.05) is 0 Å². The summed E-state index contributed by atoms with van der Waals surface area (Å²) in [4.78, 5) is 26.8. The summed E-state index contributed by atoms with van der Waals surface area (Å²) in [6.45, 7) is -0.0176. The van der Waals surface area contributed by atoms with E-state index in [2.05, 4.69) is 9.72 Å². The minimum atomic E-state index is -0.677. The summed E-state index contributed by atoms with van der Waals surface area (Å²) < 4.78 is 4.49. The van der Waals surface area contributed by atoms with Crippen molar-refractivity contribution in [1.82, 2.24) is 4.98 Å². The number of esters is 1. The third-order valence-electron chi connectivity index (χ3n) is 2.24. The number of carbonyl (C=O) groups excluding carboxylic acids is 1. The molecule has 0 saturated heterocycles. The van der Waals surface area contributed by atoms with Gasteiger partial charge >= 0.3 is 11.7 Å². The van der Waals surface area contributed by atoms with Gasteiger partial charge in [0.15, 0.2) is 5.69 Å². The van der Waals surface area contributed by atoms with Crippen LogP contribution in [-0.4, -0.2) is 48.3 Å². The van der Waals surface area contributed by atoms with Crippen molar-refractivity contribution in [3.63, 3.8) is 0 Å². The Morgan fingerprint density at radius 2 is 2.28 bits per heavy atom. The number of hydrogen-bond acceptors (Lipinski definition) is 7. The third kappa shape index (κ3) is 2.92. The smallest absolute Gasteiger partial charge is 0.356 e. The lowest BCUT2D eigenvalue weighted by Gasteiger charge is -2.16. The fraction of sp³-hybridized carbons (Fsp3) is 0.400. The predicted molar refractivity (Wildman–Crippen MR) is 62.6 cm³/mol. The summed E-state index contributed by atoms with van der Waals surface area (Å²) in [5.74, 6) is -0.666. The van der Waals surface area contributed by atoms with Gasteiger partial charge < -0.3 is 14.7 Å². The molecule has 1 heterocycles. The molecular weight excluding hydrogens is 242 g/mol. The van der Waals surface area contributed by atoms with E-state index < -0.39 is 10.9 Å². The average Bonchev–Trinajstić information content (AvgIpc) is 2.37. The van der Waals surface area contributed by atoms with E-state index in [0.717, 1.165) is 0 Å². The quantitative estimate of drug-likeness (QED) is 0.455. The van der Waals surface area contributed by atoms with Gasteiger partial charge in [0.2, 0.25) is 5.82 Å². The number of ether oxygens (including phenoxy) is 1. The highest BCUT2D eigenvalue weighted by Gasteiger charge is 2.21. The first-order chi connectivity index (χ1) is 8.51. The molecule has 1 rings (SSSR count). The molecule has 0 aromatic carbocycles. The Kier molecular flexibility index (Phi) is 4.55. The normalized spacial score (nSPS) is 9.94. The molecule has 98 valence electrons. The van der Waals surface area contributed by atoms with Gasteiger partial charge in [-0.1, -0.05) is 0 Å². The Labute approximate surface area is 103 Å². The molecule has 0 fully saturated rings. The Morgan fingerprint density at radius 3 is 2.78 bits per heavy atom. The fourth-order valence-electron chi connectivity index (χ4n) is 1.34. The molecule has 0 aliphatic heterocycles. The number of nitrogens with zero attached hydrogens (tertiary/aromatic N) is 3. The third-order valence-corrected chi connectivity index (χ3v) is 2.24. The lowest BCUT2D eigenvalue weighted by atomic mass is 10.3. The highest BCUT2D eigenvalue weighted by molar-refractivity contribution is 5.88. The second-order valence-corrected chi connectivity index (χ2v) is 3.43. The topological polar surface area (TPSA) is 106 Å². The number of nitro groups is 1. The Morgan fingerprint density at radius 1 is 1.61 bits per heavy atom. The van der Waals surface area contributed by atoms with Crippen LogP contribution in [0, 0.1) is 10.1 Å². The lowest BCUT2D eigenvalue weighted by Crippen LogP contribution is -2.24. The van der Waals surface area contributed by atoms with E-state index in [1.54, 1.807) is 0 Å². The SMILES string of the molecule is COC(=O)c1ccc([N+](=O)[O-])c(N(C)CCO)n1. The largest absolute Gasteiger partial charge is 0.464 e. The van der Waals surface area contributed by atoms with Gasteiger partial charge in [0.25, 0.3) is 0 Å². The minimum Gasteiger partial charge on any atom is -0.464 e. The zero-order valence-electron chi connectivity index (χ0n) is 9.99. The first kappa shape index (κ1) is 13.8. The highest BCUT2D eigenvalue weighted by atomic mass is 16.6. The summed E-state index contributed by atoms with van der Waals surface area (Å²) in [5, 5.41) is 19.7. The number of anilines is 1. The molecule has 0 radical (unpaired) electrons. The molecule has 0 saturated carbocycles. The van der Waals surface area contributed by atoms with Gasteiger partial charge in [-0.3, -0.25) is 10.1 Å². The first-order valence-electron chi connectivity index (χ1n) is 5.07. The van der Waals surface area contributed by atoms with Crippen LogP contribution in [-0.2, 0) is 4.74 Å². The molecule has 8 nitrogen and oxygen atoms in total. The average molecular weight is 255 g/mol. The summed E-state index contributed by atoms with van der Waals surface area (Å²) in [6, 6.07) is 2.41. The summed E-state index contributed by atoms with van der Waals surface area (Å²) in [7, 11) is 2.73. The first-order valence-corrected chi connectivity index (χ1v) is 5.07. The highest BCUT2D eigenvalue weighted by Crippen LogP contribution is 2.25. The maximum Gasteiger partial charge on any atom is 0.356 e. The van der Waals surface area contributed by atoms with Crippen LogP contribution in [0.1, 0.15) is 10.5 Å². The second-order valence-electron chi connectivity index (χ2n) is 3.43. The van der Waals surface area contributed by atoms with Crippen molar-refractivity contribution in [1.29, 1.82) is 0 Å². The number of carbonyl (C=O) groups is 1. The zero-order chi connectivity index (χ0) is 13.7. The summed E-state index contributed by atoms with van der Waals surface area (Å²) >= 11 is 0. The molecule has 1 aromatic rings. The molecule has 0 aliphatic carbocycles. The van der Waals surface area contributed by atoms with Crippen LogP contribution in [0.5, 0.6) is 0 Å². The van der Waals surface area contributed by atoms with E-state index in [4.69, 9.17) is 5.11 Å². The van der Waals surface area contributed by atoms with Crippen LogP contribution in [0.3, 0.4) is 0 Å². The molecule has 0 spiro atoms. The monoisotopic (exact) mass is 255 g/mol. The molecular formula is C10H13N3O5. The van der Waals surface area contributed by atoms with E-state index in [0.29, 0.717) is 0 Å². The van der Waals surface area contributed by atoms with Gasteiger partial charge in [-0.2, -0.15) is 0 Å². The van der Waals surface area contributed by atoms with E-state index >= 15 is 0 Å². The molecule has 0 amide bonds. The van der Waals surface area contributed by atoms with Crippen molar-refractivity contribution in [2.75, 3.05) is 32.2 Å². The van der Waals surface area contributed by atoms with Crippen LogP contribution >= 0.6 is 0 Å². The van der Waals surface area contributed by atoms with E-state index in [1.165, 1.54) is 31.2 Å². The Bertz CT molecular complexity index is 463. The fourth-order valence-corrected chi connectivity index (χ4v) is 1.34. The van der Waals surface area contributed by atoms with Crippen molar-refractivity contribution >= 4 is 17.5 Å². The molecule has 0 aliphatic rings. The second kappa shape index (κ2) is 5.92. The maximum absolute atomic E-state index is 11.3. The zero-order valence-corrected chi connectivity index (χ0v) is 9.99. The van der Waals surface area contributed by atoms with Gasteiger partial charge in [-0.05, 0) is 6.07 Å². The van der Waals surface area contributed by atoms with Crippen LogP contribution in [0.4, 0.5) is 11.5 Å². The molecule has 1 N–H and O–H groups in total. The van der Waals surface area contributed by atoms with Crippen molar-refractivity contribution in [2.24, 2.45) is 0 Å². The maximum atomic E-state index is 11.3. The van der Waals surface area contributed by atoms with Gasteiger partial charge in [0.1, 0.15) is 0 Å². The lowest BCUT2D eigenvalue weighted by molar-refractivity contribution is -0.384. The molecule has 0 atom stereocenters. The Balaban J connectivity index is 3.23. The number of aliphatic hydroxyl groups excluding tert-OH is 1. The molecule has 8 heteroatoms. The number of rotatable bonds is 5. The number of hydrogen-bond donors (Lipinski definition) is 1. The molecule has 0 unspecified atom stereocenters.